The predicted octanol–water partition coefficient (Wildman–Crippen LogP) is 3.27. The highest BCUT2D eigenvalue weighted by molar-refractivity contribution is 5.96. The standard InChI is InChI=1S/C18H26N2O3/c1-13-12-14-8-5-6-9-15(14)20(13)16(21)10-7-11-19-17(22)23-18(2,3)4/h5-6,8-9,13H,7,10-12H2,1-4H3,(H,19,22). The van der Waals surface area contributed by atoms with E-state index in [9.17, 15) is 9.59 Å². The highest BCUT2D eigenvalue weighted by Gasteiger charge is 2.29. The summed E-state index contributed by atoms with van der Waals surface area (Å²) in [7, 11) is 0. The molecule has 0 fully saturated rings. The van der Waals surface area contributed by atoms with Crippen molar-refractivity contribution in [3.63, 3.8) is 0 Å². The Labute approximate surface area is 138 Å². The van der Waals surface area contributed by atoms with Crippen LogP contribution in [0, 0.1) is 0 Å². The van der Waals surface area contributed by atoms with Crippen LogP contribution >= 0.6 is 0 Å². The Kier molecular flexibility index (Phi) is 5.29. The third-order valence-electron chi connectivity index (χ3n) is 3.71. The minimum absolute atomic E-state index is 0.105. The lowest BCUT2D eigenvalue weighted by Gasteiger charge is -2.23. The Morgan fingerprint density at radius 3 is 2.70 bits per heavy atom. The lowest BCUT2D eigenvalue weighted by atomic mass is 10.1. The van der Waals surface area contributed by atoms with Gasteiger partial charge in [0, 0.05) is 24.7 Å². The van der Waals surface area contributed by atoms with Crippen molar-refractivity contribution < 1.29 is 14.3 Å². The van der Waals surface area contributed by atoms with E-state index in [4.69, 9.17) is 4.74 Å². The normalized spacial score (nSPS) is 16.9. The highest BCUT2D eigenvalue weighted by atomic mass is 16.6. The van der Waals surface area contributed by atoms with Crippen LogP contribution in [0.15, 0.2) is 24.3 Å². The van der Waals surface area contributed by atoms with Crippen LogP contribution in [0.5, 0.6) is 0 Å². The van der Waals surface area contributed by atoms with E-state index in [1.165, 1.54) is 5.56 Å². The van der Waals surface area contributed by atoms with E-state index in [0.717, 1.165) is 12.1 Å². The van der Waals surface area contributed by atoms with E-state index in [2.05, 4.69) is 18.3 Å². The number of carbonyl (C=O) groups excluding carboxylic acids is 2. The summed E-state index contributed by atoms with van der Waals surface area (Å²) in [6.07, 6.45) is 1.47. The molecule has 2 amide bonds. The first-order chi connectivity index (χ1) is 10.8. The number of alkyl carbamates (subject to hydrolysis) is 1. The maximum Gasteiger partial charge on any atom is 0.407 e. The predicted molar refractivity (Wildman–Crippen MR) is 90.6 cm³/mol. The number of hydrogen-bond acceptors (Lipinski definition) is 3. The summed E-state index contributed by atoms with van der Waals surface area (Å²) >= 11 is 0. The summed E-state index contributed by atoms with van der Waals surface area (Å²) in [5, 5.41) is 2.68. The second-order valence-electron chi connectivity index (χ2n) is 6.98. The summed E-state index contributed by atoms with van der Waals surface area (Å²) < 4.78 is 5.16. The first-order valence-corrected chi connectivity index (χ1v) is 8.15. The molecule has 2 rings (SSSR count). The van der Waals surface area contributed by atoms with Gasteiger partial charge in [-0.1, -0.05) is 18.2 Å². The van der Waals surface area contributed by atoms with Gasteiger partial charge in [-0.3, -0.25) is 4.79 Å². The van der Waals surface area contributed by atoms with Gasteiger partial charge in [0.1, 0.15) is 5.60 Å². The Morgan fingerprint density at radius 2 is 2.00 bits per heavy atom. The molecule has 1 unspecified atom stereocenters. The summed E-state index contributed by atoms with van der Waals surface area (Å²) in [5.74, 6) is 0.105. The van der Waals surface area contributed by atoms with E-state index in [-0.39, 0.29) is 11.9 Å². The van der Waals surface area contributed by atoms with Crippen LogP contribution < -0.4 is 10.2 Å². The molecule has 0 radical (unpaired) electrons. The molecule has 1 atom stereocenters. The SMILES string of the molecule is CC1Cc2ccccc2N1C(=O)CCCNC(=O)OC(C)(C)C. The minimum atomic E-state index is -0.505. The van der Waals surface area contributed by atoms with E-state index < -0.39 is 11.7 Å². The summed E-state index contributed by atoms with van der Waals surface area (Å²) in [6.45, 7) is 7.97. The zero-order valence-corrected chi connectivity index (χ0v) is 14.4. The third-order valence-corrected chi connectivity index (χ3v) is 3.71. The van der Waals surface area contributed by atoms with Crippen LogP contribution in [0.4, 0.5) is 10.5 Å². The van der Waals surface area contributed by atoms with Gasteiger partial charge >= 0.3 is 6.09 Å². The zero-order valence-electron chi connectivity index (χ0n) is 14.4. The smallest absolute Gasteiger partial charge is 0.407 e. The molecule has 1 heterocycles. The molecule has 1 aromatic carbocycles. The van der Waals surface area contributed by atoms with Gasteiger partial charge in [0.15, 0.2) is 0 Å². The number of para-hydroxylation sites is 1. The summed E-state index contributed by atoms with van der Waals surface area (Å²) in [5.41, 5.74) is 1.74. The zero-order chi connectivity index (χ0) is 17.0. The van der Waals surface area contributed by atoms with Gasteiger partial charge in [-0.2, -0.15) is 0 Å². The monoisotopic (exact) mass is 318 g/mol. The molecule has 1 aliphatic rings. The Morgan fingerprint density at radius 1 is 1.30 bits per heavy atom. The lowest BCUT2D eigenvalue weighted by Crippen LogP contribution is -2.36. The topological polar surface area (TPSA) is 58.6 Å². The number of ether oxygens (including phenoxy) is 1. The maximum absolute atomic E-state index is 12.5. The number of fused-ring (bicyclic) bond motifs is 1. The van der Waals surface area contributed by atoms with Gasteiger partial charge in [0.25, 0.3) is 0 Å². The Bertz CT molecular complexity index is 578. The first kappa shape index (κ1) is 17.3. The molecule has 0 saturated heterocycles. The molecule has 23 heavy (non-hydrogen) atoms. The third kappa shape index (κ3) is 4.71. The molecule has 0 aliphatic carbocycles. The second-order valence-corrected chi connectivity index (χ2v) is 6.98. The average molecular weight is 318 g/mol. The molecule has 0 saturated carbocycles. The number of nitrogens with one attached hydrogen (secondary N) is 1. The van der Waals surface area contributed by atoms with Crippen molar-refractivity contribution in [2.45, 2.75) is 58.6 Å². The van der Waals surface area contributed by atoms with Crippen LogP contribution in [0.2, 0.25) is 0 Å². The molecule has 0 aromatic heterocycles. The van der Waals surface area contributed by atoms with Gasteiger partial charge < -0.3 is 15.0 Å². The molecule has 126 valence electrons. The molecule has 1 N–H and O–H groups in total. The fraction of sp³-hybridized carbons (Fsp3) is 0.556. The quantitative estimate of drug-likeness (QED) is 0.867. The number of rotatable bonds is 4. The van der Waals surface area contributed by atoms with Crippen LogP contribution in [-0.4, -0.2) is 30.2 Å². The number of hydrogen-bond donors (Lipinski definition) is 1. The largest absolute Gasteiger partial charge is 0.444 e. The van der Waals surface area contributed by atoms with Crippen LogP contribution in [0.25, 0.3) is 0 Å². The summed E-state index contributed by atoms with van der Waals surface area (Å²) in [4.78, 5) is 25.9. The van der Waals surface area contributed by atoms with Gasteiger partial charge in [0.2, 0.25) is 5.91 Å². The molecule has 1 aliphatic heterocycles. The van der Waals surface area contributed by atoms with Gasteiger partial charge in [-0.25, -0.2) is 4.79 Å². The van der Waals surface area contributed by atoms with Crippen LogP contribution in [-0.2, 0) is 16.0 Å². The van der Waals surface area contributed by atoms with Crippen molar-refractivity contribution in [2.24, 2.45) is 0 Å². The van der Waals surface area contributed by atoms with E-state index in [1.807, 2.05) is 43.9 Å². The number of nitrogens with zero attached hydrogens (tertiary/aromatic N) is 1. The molecule has 1 aromatic rings. The van der Waals surface area contributed by atoms with Gasteiger partial charge in [-0.05, 0) is 52.2 Å². The summed E-state index contributed by atoms with van der Waals surface area (Å²) in [6, 6.07) is 8.23. The molecular weight excluding hydrogens is 292 g/mol. The van der Waals surface area contributed by atoms with E-state index in [1.54, 1.807) is 0 Å². The van der Waals surface area contributed by atoms with Crippen molar-refractivity contribution in [1.29, 1.82) is 0 Å². The van der Waals surface area contributed by atoms with Crippen LogP contribution in [0.1, 0.15) is 46.1 Å². The van der Waals surface area contributed by atoms with Gasteiger partial charge in [0.05, 0.1) is 0 Å². The van der Waals surface area contributed by atoms with Crippen molar-refractivity contribution >= 4 is 17.7 Å². The number of amides is 2. The Hall–Kier alpha value is -2.04. The second kappa shape index (κ2) is 7.02. The van der Waals surface area contributed by atoms with E-state index >= 15 is 0 Å². The fourth-order valence-corrected chi connectivity index (χ4v) is 2.81. The fourth-order valence-electron chi connectivity index (χ4n) is 2.81. The van der Waals surface area contributed by atoms with Crippen molar-refractivity contribution in [3.8, 4) is 0 Å². The van der Waals surface area contributed by atoms with Crippen molar-refractivity contribution in [2.75, 3.05) is 11.4 Å². The van der Waals surface area contributed by atoms with Crippen molar-refractivity contribution in [1.82, 2.24) is 5.32 Å². The molecular formula is C18H26N2O3. The van der Waals surface area contributed by atoms with Gasteiger partial charge in [-0.15, -0.1) is 0 Å². The molecule has 0 bridgehead atoms. The van der Waals surface area contributed by atoms with E-state index in [0.29, 0.717) is 19.4 Å². The highest BCUT2D eigenvalue weighted by Crippen LogP contribution is 2.32. The molecule has 5 nitrogen and oxygen atoms in total. The maximum atomic E-state index is 12.5. The van der Waals surface area contributed by atoms with Crippen LogP contribution in [0.3, 0.4) is 0 Å². The minimum Gasteiger partial charge on any atom is -0.444 e. The molecule has 0 spiro atoms. The molecule has 5 heteroatoms. The number of carbonyl (C=O) groups is 2. The number of benzene rings is 1. The Balaban J connectivity index is 1.79. The first-order valence-electron chi connectivity index (χ1n) is 8.15. The number of anilines is 1. The average Bonchev–Trinajstić information content (AvgIpc) is 2.77. The van der Waals surface area contributed by atoms with Crippen molar-refractivity contribution in [3.05, 3.63) is 29.8 Å². The lowest BCUT2D eigenvalue weighted by molar-refractivity contribution is -0.119.